The molecule has 0 bridgehead atoms. The number of nitrogens with zero attached hydrogens (tertiary/aromatic N) is 2. The number of aromatic nitrogens is 2. The summed E-state index contributed by atoms with van der Waals surface area (Å²) < 4.78 is 24.8. The maximum Gasteiger partial charge on any atom is 0.180 e. The molecular formula is C26H27N3O2S. The van der Waals surface area contributed by atoms with Crippen LogP contribution in [-0.4, -0.2) is 35.1 Å². The summed E-state index contributed by atoms with van der Waals surface area (Å²) in [6.07, 6.45) is 4.97. The van der Waals surface area contributed by atoms with Crippen LogP contribution in [0.2, 0.25) is 0 Å². The number of pyridine rings is 1. The molecular weight excluding hydrogens is 418 g/mol. The minimum absolute atomic E-state index is 0.359. The topological polar surface area (TPSA) is 66.1 Å². The van der Waals surface area contributed by atoms with Crippen molar-refractivity contribution >= 4 is 20.9 Å². The van der Waals surface area contributed by atoms with Crippen LogP contribution in [0.3, 0.4) is 0 Å². The molecule has 5 rings (SSSR count). The van der Waals surface area contributed by atoms with E-state index in [1.54, 1.807) is 26.0 Å². The van der Waals surface area contributed by atoms with Gasteiger partial charge in [0, 0.05) is 43.0 Å². The van der Waals surface area contributed by atoms with Crippen LogP contribution in [-0.2, 0) is 29.3 Å². The molecule has 0 fully saturated rings. The second-order valence-corrected chi connectivity index (χ2v) is 11.3. The number of fused-ring (bicyclic) bond motifs is 2. The van der Waals surface area contributed by atoms with Gasteiger partial charge in [0.2, 0.25) is 0 Å². The van der Waals surface area contributed by atoms with Gasteiger partial charge in [-0.1, -0.05) is 36.4 Å². The molecule has 0 unspecified atom stereocenters. The molecule has 1 aliphatic rings. The predicted molar refractivity (Wildman–Crippen MR) is 128 cm³/mol. The Morgan fingerprint density at radius 1 is 1.03 bits per heavy atom. The Morgan fingerprint density at radius 2 is 1.78 bits per heavy atom. The number of aromatic amines is 1. The normalized spacial score (nSPS) is 14.7. The van der Waals surface area contributed by atoms with Crippen LogP contribution in [0.1, 0.15) is 30.5 Å². The lowest BCUT2D eigenvalue weighted by molar-refractivity contribution is 0.246. The van der Waals surface area contributed by atoms with Gasteiger partial charge in [-0.05, 0) is 60.7 Å². The third-order valence-corrected chi connectivity index (χ3v) is 8.53. The summed E-state index contributed by atoms with van der Waals surface area (Å²) in [5, 5.41) is 0.677. The molecule has 6 heteroatoms. The van der Waals surface area contributed by atoms with Gasteiger partial charge in [0.15, 0.2) is 9.84 Å². The third kappa shape index (κ3) is 3.85. The van der Waals surface area contributed by atoms with E-state index in [0.29, 0.717) is 4.90 Å². The van der Waals surface area contributed by atoms with Gasteiger partial charge in [-0.15, -0.1) is 0 Å². The molecule has 5 nitrogen and oxygen atoms in total. The van der Waals surface area contributed by atoms with E-state index in [4.69, 9.17) is 0 Å². The second kappa shape index (κ2) is 8.19. The van der Waals surface area contributed by atoms with Crippen molar-refractivity contribution in [3.8, 4) is 11.1 Å². The predicted octanol–water partition coefficient (Wildman–Crippen LogP) is 4.97. The lowest BCUT2D eigenvalue weighted by Gasteiger charge is -2.28. The van der Waals surface area contributed by atoms with E-state index in [-0.39, 0.29) is 0 Å². The number of H-pyrrole nitrogens is 1. The Labute approximate surface area is 189 Å². The smallest absolute Gasteiger partial charge is 0.180 e. The quantitative estimate of drug-likeness (QED) is 0.471. The molecule has 0 spiro atoms. The Balaban J connectivity index is 1.41. The molecule has 0 saturated heterocycles. The lowest BCUT2D eigenvalue weighted by Crippen LogP contribution is -2.29. The highest BCUT2D eigenvalue weighted by atomic mass is 32.2. The Kier molecular flexibility index (Phi) is 5.35. The first-order valence-electron chi connectivity index (χ1n) is 11.0. The van der Waals surface area contributed by atoms with E-state index < -0.39 is 15.1 Å². The number of sulfone groups is 1. The molecule has 1 N–H and O–H groups in total. The molecule has 2 aromatic carbocycles. The molecule has 32 heavy (non-hydrogen) atoms. The third-order valence-electron chi connectivity index (χ3n) is 6.36. The first-order valence-corrected chi connectivity index (χ1v) is 12.6. The maximum atomic E-state index is 12.4. The van der Waals surface area contributed by atoms with Gasteiger partial charge in [-0.2, -0.15) is 0 Å². The molecule has 0 aliphatic carbocycles. The second-order valence-electron chi connectivity index (χ2n) is 8.78. The van der Waals surface area contributed by atoms with E-state index in [1.807, 2.05) is 18.3 Å². The number of benzene rings is 2. The van der Waals surface area contributed by atoms with Crippen molar-refractivity contribution < 1.29 is 8.42 Å². The van der Waals surface area contributed by atoms with Crippen molar-refractivity contribution in [3.63, 3.8) is 0 Å². The molecule has 0 radical (unpaired) electrons. The molecule has 0 amide bonds. The molecule has 2 aromatic heterocycles. The van der Waals surface area contributed by atoms with Gasteiger partial charge in [0.05, 0.1) is 10.1 Å². The number of hydrogen-bond acceptors (Lipinski definition) is 4. The fourth-order valence-electron chi connectivity index (χ4n) is 4.39. The summed E-state index contributed by atoms with van der Waals surface area (Å²) in [5.41, 5.74) is 6.91. The molecule has 4 aromatic rings. The summed E-state index contributed by atoms with van der Waals surface area (Å²) in [6, 6.07) is 18.0. The van der Waals surface area contributed by atoms with Gasteiger partial charge in [0.1, 0.15) is 5.65 Å². The number of hydrogen-bond donors (Lipinski definition) is 1. The highest BCUT2D eigenvalue weighted by molar-refractivity contribution is 7.92. The first-order chi connectivity index (χ1) is 15.4. The Morgan fingerprint density at radius 3 is 2.53 bits per heavy atom. The van der Waals surface area contributed by atoms with Crippen LogP contribution in [0.5, 0.6) is 0 Å². The van der Waals surface area contributed by atoms with Gasteiger partial charge in [-0.3, -0.25) is 4.90 Å². The van der Waals surface area contributed by atoms with Gasteiger partial charge < -0.3 is 4.98 Å². The summed E-state index contributed by atoms with van der Waals surface area (Å²) in [6.45, 7) is 6.28. The van der Waals surface area contributed by atoms with E-state index in [1.165, 1.54) is 16.7 Å². The van der Waals surface area contributed by atoms with Crippen LogP contribution in [0, 0.1) is 0 Å². The summed E-state index contributed by atoms with van der Waals surface area (Å²) >= 11 is 0. The summed E-state index contributed by atoms with van der Waals surface area (Å²) in [4.78, 5) is 10.7. The Hall–Kier alpha value is -2.96. The summed E-state index contributed by atoms with van der Waals surface area (Å²) in [7, 11) is -3.27. The molecule has 1 aliphatic heterocycles. The van der Waals surface area contributed by atoms with Crippen LogP contribution >= 0.6 is 0 Å². The largest absolute Gasteiger partial charge is 0.346 e. The van der Waals surface area contributed by atoms with Gasteiger partial charge in [-0.25, -0.2) is 13.4 Å². The van der Waals surface area contributed by atoms with E-state index in [2.05, 4.69) is 51.4 Å². The van der Waals surface area contributed by atoms with Crippen molar-refractivity contribution in [2.75, 3.05) is 6.54 Å². The van der Waals surface area contributed by atoms with Gasteiger partial charge in [0.25, 0.3) is 0 Å². The minimum Gasteiger partial charge on any atom is -0.346 e. The zero-order chi connectivity index (χ0) is 22.3. The molecule has 3 heterocycles. The SMILES string of the molecule is CC(C)S(=O)(=O)c1ccc(-c2cnc3[nH]cc(CN4CCc5ccccc5C4)c3c2)cc1. The zero-order valence-electron chi connectivity index (χ0n) is 18.4. The van der Waals surface area contributed by atoms with Crippen LogP contribution in [0.25, 0.3) is 22.2 Å². The standard InChI is InChI=1S/C26H27N3O2S/c1-18(2)32(30,31)24-9-7-20(8-10-24)22-13-25-23(15-28-26(25)27-14-22)17-29-12-11-19-5-3-4-6-21(19)16-29/h3-10,13-15,18H,11-12,16-17H2,1-2H3,(H,27,28). The Bertz CT molecular complexity index is 1370. The number of rotatable bonds is 5. The molecule has 0 atom stereocenters. The van der Waals surface area contributed by atoms with Crippen molar-refractivity contribution in [1.29, 1.82) is 0 Å². The van der Waals surface area contributed by atoms with Crippen molar-refractivity contribution in [1.82, 2.24) is 14.9 Å². The number of nitrogens with one attached hydrogen (secondary N) is 1. The average molecular weight is 446 g/mol. The fraction of sp³-hybridized carbons (Fsp3) is 0.269. The minimum atomic E-state index is -3.27. The summed E-state index contributed by atoms with van der Waals surface area (Å²) in [5.74, 6) is 0. The maximum absolute atomic E-state index is 12.4. The van der Waals surface area contributed by atoms with Gasteiger partial charge >= 0.3 is 0 Å². The van der Waals surface area contributed by atoms with Crippen molar-refractivity contribution in [3.05, 3.63) is 83.7 Å². The molecule has 164 valence electrons. The highest BCUT2D eigenvalue weighted by Crippen LogP contribution is 2.28. The van der Waals surface area contributed by atoms with E-state index >= 15 is 0 Å². The van der Waals surface area contributed by atoms with Crippen LogP contribution < -0.4 is 0 Å². The van der Waals surface area contributed by atoms with Crippen molar-refractivity contribution in [2.45, 2.75) is 43.5 Å². The van der Waals surface area contributed by atoms with Crippen molar-refractivity contribution in [2.24, 2.45) is 0 Å². The van der Waals surface area contributed by atoms with Crippen LogP contribution in [0.4, 0.5) is 0 Å². The zero-order valence-corrected chi connectivity index (χ0v) is 19.2. The van der Waals surface area contributed by atoms with E-state index in [9.17, 15) is 8.42 Å². The highest BCUT2D eigenvalue weighted by Gasteiger charge is 2.20. The average Bonchev–Trinajstić information content (AvgIpc) is 3.21. The van der Waals surface area contributed by atoms with E-state index in [0.717, 1.165) is 48.2 Å². The monoisotopic (exact) mass is 445 g/mol. The molecule has 0 saturated carbocycles. The first kappa shape index (κ1) is 20.9. The lowest BCUT2D eigenvalue weighted by atomic mass is 9.99. The van der Waals surface area contributed by atoms with Crippen LogP contribution in [0.15, 0.2) is 71.9 Å². The fourth-order valence-corrected chi connectivity index (χ4v) is 5.45.